The van der Waals surface area contributed by atoms with Crippen molar-refractivity contribution in [2.75, 3.05) is 13.1 Å². The number of unbranched alkanes of at least 4 members (excludes halogenated alkanes) is 18. The molecule has 31 heavy (non-hydrogen) atoms. The van der Waals surface area contributed by atoms with E-state index in [2.05, 4.69) is 25.7 Å². The molecule has 0 saturated heterocycles. The summed E-state index contributed by atoms with van der Waals surface area (Å²) in [6, 6.07) is 0. The van der Waals surface area contributed by atoms with Gasteiger partial charge in [-0.1, -0.05) is 136 Å². The van der Waals surface area contributed by atoms with Gasteiger partial charge in [0.25, 0.3) is 0 Å². The van der Waals surface area contributed by atoms with Crippen LogP contribution >= 0.6 is 0 Å². The van der Waals surface area contributed by atoms with Crippen LogP contribution in [0.2, 0.25) is 0 Å². The van der Waals surface area contributed by atoms with E-state index in [-0.39, 0.29) is 12.2 Å². The van der Waals surface area contributed by atoms with E-state index in [1.807, 2.05) is 6.92 Å². The third-order valence-electron chi connectivity index (χ3n) is 6.61. The second kappa shape index (κ2) is 24.1. The van der Waals surface area contributed by atoms with Crippen molar-refractivity contribution in [2.24, 2.45) is 0 Å². The molecule has 1 unspecified atom stereocenters. The maximum absolute atomic E-state index is 11.9. The summed E-state index contributed by atoms with van der Waals surface area (Å²) in [7, 11) is 0. The first-order valence-electron chi connectivity index (χ1n) is 14.1. The van der Waals surface area contributed by atoms with Crippen LogP contribution in [0.1, 0.15) is 156 Å². The molecule has 0 aromatic carbocycles. The van der Waals surface area contributed by atoms with Crippen LogP contribution in [-0.4, -0.2) is 30.2 Å². The maximum atomic E-state index is 11.9. The highest BCUT2D eigenvalue weighted by Crippen LogP contribution is 2.15. The maximum Gasteiger partial charge on any atom is 0.307 e. The average molecular weight is 440 g/mol. The second-order valence-corrected chi connectivity index (χ2v) is 9.42. The summed E-state index contributed by atoms with van der Waals surface area (Å²) in [6.07, 6.45) is 26.6. The standard InChI is InChI=1S/C28H57NO2/c1-5-8-9-10-11-12-13-14-15-16-17-18-19-20-21-22-23-24-25-26-28(30)31-27(4)29(6-2)7-3/h27H,5-26H2,1-4H3. The van der Waals surface area contributed by atoms with Crippen LogP contribution in [-0.2, 0) is 9.53 Å². The molecule has 0 rings (SSSR count). The molecule has 0 spiro atoms. The van der Waals surface area contributed by atoms with Gasteiger partial charge in [0.1, 0.15) is 0 Å². The van der Waals surface area contributed by atoms with Gasteiger partial charge in [-0.2, -0.15) is 0 Å². The van der Waals surface area contributed by atoms with Gasteiger partial charge >= 0.3 is 5.97 Å². The largest absolute Gasteiger partial charge is 0.447 e. The van der Waals surface area contributed by atoms with Gasteiger partial charge in [0.05, 0.1) is 0 Å². The molecule has 1 atom stereocenters. The zero-order valence-electron chi connectivity index (χ0n) is 21.9. The Morgan fingerprint density at radius 1 is 0.581 bits per heavy atom. The number of ether oxygens (including phenoxy) is 1. The minimum atomic E-state index is -0.0946. The smallest absolute Gasteiger partial charge is 0.307 e. The molecule has 3 heteroatoms. The molecule has 0 aromatic rings. The van der Waals surface area contributed by atoms with Crippen molar-refractivity contribution in [2.45, 2.75) is 162 Å². The highest BCUT2D eigenvalue weighted by molar-refractivity contribution is 5.69. The number of rotatable bonds is 24. The van der Waals surface area contributed by atoms with Crippen LogP contribution in [0, 0.1) is 0 Å². The lowest BCUT2D eigenvalue weighted by Crippen LogP contribution is -2.36. The summed E-state index contributed by atoms with van der Waals surface area (Å²) in [5, 5.41) is 0. The fourth-order valence-electron chi connectivity index (χ4n) is 4.41. The second-order valence-electron chi connectivity index (χ2n) is 9.42. The van der Waals surface area contributed by atoms with Crippen molar-refractivity contribution in [1.29, 1.82) is 0 Å². The SMILES string of the molecule is CCCCCCCCCCCCCCCCCCCCCC(=O)OC(C)N(CC)CC. The molecule has 0 aliphatic carbocycles. The number of carbonyl (C=O) groups is 1. The van der Waals surface area contributed by atoms with E-state index < -0.39 is 0 Å². The van der Waals surface area contributed by atoms with Gasteiger partial charge in [-0.25, -0.2) is 0 Å². The van der Waals surface area contributed by atoms with Crippen LogP contribution in [0.4, 0.5) is 0 Å². The molecule has 0 aromatic heterocycles. The van der Waals surface area contributed by atoms with Crippen LogP contribution in [0.3, 0.4) is 0 Å². The Labute approximate surface area is 196 Å². The first kappa shape index (κ1) is 30.4. The predicted octanol–water partition coefficient (Wildman–Crippen LogP) is 9.04. The first-order chi connectivity index (χ1) is 15.2. The lowest BCUT2D eigenvalue weighted by atomic mass is 10.0. The van der Waals surface area contributed by atoms with E-state index >= 15 is 0 Å². The minimum absolute atomic E-state index is 0.0358. The van der Waals surface area contributed by atoms with Crippen molar-refractivity contribution >= 4 is 5.97 Å². The molecule has 0 radical (unpaired) electrons. The lowest BCUT2D eigenvalue weighted by molar-refractivity contribution is -0.157. The van der Waals surface area contributed by atoms with E-state index in [9.17, 15) is 4.79 Å². The molecule has 186 valence electrons. The Bertz CT molecular complexity index is 368. The Balaban J connectivity index is 3.24. The third kappa shape index (κ3) is 21.1. The molecule has 0 aliphatic rings. The van der Waals surface area contributed by atoms with Gasteiger partial charge in [-0.15, -0.1) is 0 Å². The van der Waals surface area contributed by atoms with E-state index in [1.165, 1.54) is 109 Å². The number of esters is 1. The van der Waals surface area contributed by atoms with Crippen LogP contribution < -0.4 is 0 Å². The molecule has 0 aliphatic heterocycles. The normalized spacial score (nSPS) is 12.4. The molecular weight excluding hydrogens is 382 g/mol. The van der Waals surface area contributed by atoms with Crippen molar-refractivity contribution in [3.05, 3.63) is 0 Å². The molecule has 0 fully saturated rings. The van der Waals surface area contributed by atoms with Gasteiger partial charge in [0.2, 0.25) is 0 Å². The summed E-state index contributed by atoms with van der Waals surface area (Å²) in [5.41, 5.74) is 0. The summed E-state index contributed by atoms with van der Waals surface area (Å²) < 4.78 is 5.52. The Morgan fingerprint density at radius 3 is 1.23 bits per heavy atom. The predicted molar refractivity (Wildman–Crippen MR) is 136 cm³/mol. The average Bonchev–Trinajstić information content (AvgIpc) is 2.76. The van der Waals surface area contributed by atoms with Gasteiger partial charge in [0, 0.05) is 6.42 Å². The highest BCUT2D eigenvalue weighted by Gasteiger charge is 2.14. The number of hydrogen-bond donors (Lipinski definition) is 0. The third-order valence-corrected chi connectivity index (χ3v) is 6.61. The van der Waals surface area contributed by atoms with E-state index in [4.69, 9.17) is 4.74 Å². The lowest BCUT2D eigenvalue weighted by Gasteiger charge is -2.25. The Morgan fingerprint density at radius 2 is 0.903 bits per heavy atom. The molecule has 0 N–H and O–H groups in total. The van der Waals surface area contributed by atoms with Crippen LogP contribution in [0.25, 0.3) is 0 Å². The van der Waals surface area contributed by atoms with Crippen molar-refractivity contribution in [3.8, 4) is 0 Å². The zero-order chi connectivity index (χ0) is 23.0. The van der Waals surface area contributed by atoms with Crippen molar-refractivity contribution in [1.82, 2.24) is 4.90 Å². The fraction of sp³-hybridized carbons (Fsp3) is 0.964. The molecule has 0 heterocycles. The summed E-state index contributed by atoms with van der Waals surface area (Å²) in [4.78, 5) is 14.1. The highest BCUT2D eigenvalue weighted by atomic mass is 16.6. The molecule has 0 amide bonds. The molecule has 0 saturated carbocycles. The number of carbonyl (C=O) groups excluding carboxylic acids is 1. The quantitative estimate of drug-likeness (QED) is 0.0853. The van der Waals surface area contributed by atoms with Crippen LogP contribution in [0.15, 0.2) is 0 Å². The van der Waals surface area contributed by atoms with E-state index in [0.29, 0.717) is 6.42 Å². The van der Waals surface area contributed by atoms with Gasteiger partial charge in [-0.05, 0) is 26.4 Å². The zero-order valence-corrected chi connectivity index (χ0v) is 21.9. The van der Waals surface area contributed by atoms with E-state index in [0.717, 1.165) is 25.9 Å². The minimum Gasteiger partial charge on any atom is -0.447 e. The summed E-state index contributed by atoms with van der Waals surface area (Å²) in [5.74, 6) is -0.0358. The number of hydrogen-bond acceptors (Lipinski definition) is 3. The fourth-order valence-corrected chi connectivity index (χ4v) is 4.41. The van der Waals surface area contributed by atoms with Gasteiger partial charge in [-0.3, -0.25) is 9.69 Å². The number of nitrogens with zero attached hydrogens (tertiary/aromatic N) is 1. The van der Waals surface area contributed by atoms with Gasteiger partial charge in [0.15, 0.2) is 6.23 Å². The molecule has 0 bridgehead atoms. The van der Waals surface area contributed by atoms with Crippen LogP contribution in [0.5, 0.6) is 0 Å². The van der Waals surface area contributed by atoms with Crippen molar-refractivity contribution < 1.29 is 9.53 Å². The Kier molecular flexibility index (Phi) is 23.6. The molecular formula is C28H57NO2. The van der Waals surface area contributed by atoms with Crippen molar-refractivity contribution in [3.63, 3.8) is 0 Å². The monoisotopic (exact) mass is 439 g/mol. The first-order valence-corrected chi connectivity index (χ1v) is 14.1. The van der Waals surface area contributed by atoms with E-state index in [1.54, 1.807) is 0 Å². The Hall–Kier alpha value is -0.570. The summed E-state index contributed by atoms with van der Waals surface area (Å²) >= 11 is 0. The molecule has 3 nitrogen and oxygen atoms in total. The summed E-state index contributed by atoms with van der Waals surface area (Å²) in [6.45, 7) is 10.3. The topological polar surface area (TPSA) is 29.5 Å². The van der Waals surface area contributed by atoms with Gasteiger partial charge < -0.3 is 4.74 Å².